The Bertz CT molecular complexity index is 2920. The minimum absolute atomic E-state index is 0.181. The Morgan fingerprint density at radius 3 is 1.65 bits per heavy atom. The third-order valence-electron chi connectivity index (χ3n) is 11.0. The van der Waals surface area contributed by atoms with Crippen LogP contribution in [0.5, 0.6) is 0 Å². The van der Waals surface area contributed by atoms with Crippen molar-refractivity contribution >= 4 is 43.7 Å². The molecule has 10 aromatic rings. The highest BCUT2D eigenvalue weighted by Crippen LogP contribution is 2.48. The molecule has 0 aliphatic carbocycles. The van der Waals surface area contributed by atoms with Crippen molar-refractivity contribution in [1.82, 2.24) is 23.7 Å². The van der Waals surface area contributed by atoms with E-state index in [4.69, 9.17) is 9.97 Å². The molecule has 11 rings (SSSR count). The van der Waals surface area contributed by atoms with Crippen LogP contribution in [0.3, 0.4) is 0 Å². The van der Waals surface area contributed by atoms with Gasteiger partial charge < -0.3 is 4.57 Å². The lowest BCUT2D eigenvalue weighted by Gasteiger charge is -2.18. The topological polar surface area (TPSA) is 40.6 Å². The van der Waals surface area contributed by atoms with Crippen LogP contribution in [0.2, 0.25) is 0 Å². The first-order valence-corrected chi connectivity index (χ1v) is 17.9. The van der Waals surface area contributed by atoms with Crippen LogP contribution in [-0.4, -0.2) is 23.7 Å². The zero-order valence-corrected chi connectivity index (χ0v) is 28.8. The van der Waals surface area contributed by atoms with Crippen LogP contribution in [0.25, 0.3) is 83.6 Å². The summed E-state index contributed by atoms with van der Waals surface area (Å²) < 4.78 is 7.14. The molecule has 6 aromatic carbocycles. The predicted octanol–water partition coefficient (Wildman–Crippen LogP) is 11.4. The van der Waals surface area contributed by atoms with Crippen molar-refractivity contribution in [3.63, 3.8) is 0 Å². The average molecular weight is 668 g/mol. The lowest BCUT2D eigenvalue weighted by Crippen LogP contribution is -2.15. The lowest BCUT2D eigenvalue weighted by molar-refractivity contribution is 0.644. The summed E-state index contributed by atoms with van der Waals surface area (Å²) in [6.45, 7) is 4.67. The first-order chi connectivity index (χ1) is 25.6. The van der Waals surface area contributed by atoms with Crippen LogP contribution in [0.4, 0.5) is 0 Å². The monoisotopic (exact) mass is 667 g/mol. The third-order valence-corrected chi connectivity index (χ3v) is 11.0. The van der Waals surface area contributed by atoms with Gasteiger partial charge in [-0.05, 0) is 54.1 Å². The van der Waals surface area contributed by atoms with E-state index in [1.165, 1.54) is 49.5 Å². The molecule has 0 radical (unpaired) electrons. The quantitative estimate of drug-likeness (QED) is 0.187. The SMILES string of the molecule is CC1(C)c2ccccc2-n2c1cc1c3cc(-n4c5ccccc5c5ccccc54)ccc3n(-c3nc(-c4ccccc4)cc(-c4ccccc4)n3)c12. The second-order valence-electron chi connectivity index (χ2n) is 14.3. The van der Waals surface area contributed by atoms with E-state index in [9.17, 15) is 0 Å². The van der Waals surface area contributed by atoms with Crippen LogP contribution in [0.1, 0.15) is 25.1 Å². The molecule has 1 aliphatic rings. The predicted molar refractivity (Wildman–Crippen MR) is 213 cm³/mol. The summed E-state index contributed by atoms with van der Waals surface area (Å²) in [6, 6.07) is 58.4. The van der Waals surface area contributed by atoms with Crippen molar-refractivity contribution in [2.75, 3.05) is 0 Å². The number of rotatable bonds is 4. The van der Waals surface area contributed by atoms with Crippen LogP contribution in [0.15, 0.2) is 164 Å². The molecule has 0 spiro atoms. The first kappa shape index (κ1) is 29.1. The highest BCUT2D eigenvalue weighted by molar-refractivity contribution is 6.12. The minimum atomic E-state index is -0.181. The molecule has 246 valence electrons. The van der Waals surface area contributed by atoms with E-state index in [1.54, 1.807) is 0 Å². The van der Waals surface area contributed by atoms with Crippen molar-refractivity contribution in [2.45, 2.75) is 19.3 Å². The Kier molecular flexibility index (Phi) is 5.95. The molecule has 0 unspecified atom stereocenters. The minimum Gasteiger partial charge on any atom is -0.309 e. The molecule has 0 bridgehead atoms. The van der Waals surface area contributed by atoms with Gasteiger partial charge in [-0.15, -0.1) is 0 Å². The molecule has 1 aliphatic heterocycles. The van der Waals surface area contributed by atoms with Crippen molar-refractivity contribution in [3.8, 4) is 39.8 Å². The number of hydrogen-bond acceptors (Lipinski definition) is 2. The van der Waals surface area contributed by atoms with Crippen LogP contribution < -0.4 is 0 Å². The summed E-state index contributed by atoms with van der Waals surface area (Å²) in [4.78, 5) is 10.7. The molecule has 0 fully saturated rings. The van der Waals surface area contributed by atoms with Gasteiger partial charge >= 0.3 is 0 Å². The summed E-state index contributed by atoms with van der Waals surface area (Å²) >= 11 is 0. The van der Waals surface area contributed by atoms with Gasteiger partial charge in [-0.25, -0.2) is 9.97 Å². The van der Waals surface area contributed by atoms with E-state index in [1.807, 2.05) is 12.1 Å². The molecule has 5 heterocycles. The van der Waals surface area contributed by atoms with E-state index >= 15 is 0 Å². The summed E-state index contributed by atoms with van der Waals surface area (Å²) in [5, 5.41) is 4.85. The zero-order chi connectivity index (χ0) is 34.6. The fraction of sp³-hybridized carbons (Fsp3) is 0.0638. The molecule has 5 heteroatoms. The van der Waals surface area contributed by atoms with Crippen LogP contribution >= 0.6 is 0 Å². The number of fused-ring (bicyclic) bond motifs is 10. The van der Waals surface area contributed by atoms with Crippen molar-refractivity contribution < 1.29 is 0 Å². The molecule has 5 nitrogen and oxygen atoms in total. The Morgan fingerprint density at radius 1 is 0.442 bits per heavy atom. The molecule has 0 saturated carbocycles. The molecule has 0 atom stereocenters. The standard InChI is InChI=1S/C47H33N5/c1-47(2)37-21-11-14-24-43(37)51-44(47)28-36-35-27-32(50-40-22-12-9-19-33(40)34-20-10-13-23-41(34)50)25-26-42(35)52(45(36)51)46-48-38(30-15-5-3-6-16-30)29-39(49-46)31-17-7-4-8-18-31/h3-29H,1-2H3. The van der Waals surface area contributed by atoms with Crippen LogP contribution in [0, 0.1) is 0 Å². The molecular weight excluding hydrogens is 635 g/mol. The van der Waals surface area contributed by atoms with Gasteiger partial charge in [0, 0.05) is 49.5 Å². The summed E-state index contributed by atoms with van der Waals surface area (Å²) in [7, 11) is 0. The highest BCUT2D eigenvalue weighted by atomic mass is 15.2. The van der Waals surface area contributed by atoms with Gasteiger partial charge in [-0.1, -0.05) is 129 Å². The van der Waals surface area contributed by atoms with Crippen molar-refractivity contribution in [1.29, 1.82) is 0 Å². The molecule has 52 heavy (non-hydrogen) atoms. The van der Waals surface area contributed by atoms with Crippen molar-refractivity contribution in [3.05, 3.63) is 175 Å². The van der Waals surface area contributed by atoms with Crippen molar-refractivity contribution in [2.24, 2.45) is 0 Å². The molecule has 0 saturated heterocycles. The van der Waals surface area contributed by atoms with Gasteiger partial charge in [0.15, 0.2) is 0 Å². The maximum atomic E-state index is 5.36. The van der Waals surface area contributed by atoms with Gasteiger partial charge in [0.05, 0.1) is 33.6 Å². The lowest BCUT2D eigenvalue weighted by atomic mass is 9.83. The number of nitrogens with zero attached hydrogens (tertiary/aromatic N) is 5. The van der Waals surface area contributed by atoms with Gasteiger partial charge in [0.2, 0.25) is 5.95 Å². The highest BCUT2D eigenvalue weighted by Gasteiger charge is 2.39. The van der Waals surface area contributed by atoms with E-state index in [0.29, 0.717) is 5.95 Å². The maximum Gasteiger partial charge on any atom is 0.236 e. The van der Waals surface area contributed by atoms with Gasteiger partial charge in [0.25, 0.3) is 0 Å². The van der Waals surface area contributed by atoms with Crippen LogP contribution in [-0.2, 0) is 5.41 Å². The Hall–Kier alpha value is -6.72. The molecule has 0 N–H and O–H groups in total. The fourth-order valence-corrected chi connectivity index (χ4v) is 8.60. The Balaban J connectivity index is 1.26. The average Bonchev–Trinajstić information content (AvgIpc) is 3.90. The van der Waals surface area contributed by atoms with Gasteiger partial charge in [-0.2, -0.15) is 0 Å². The Labute approximate surface area is 300 Å². The number of aromatic nitrogens is 5. The maximum absolute atomic E-state index is 5.36. The van der Waals surface area contributed by atoms with E-state index in [0.717, 1.165) is 39.4 Å². The molecular formula is C47H33N5. The number of para-hydroxylation sites is 3. The summed E-state index contributed by atoms with van der Waals surface area (Å²) in [6.07, 6.45) is 0. The van der Waals surface area contributed by atoms with E-state index in [-0.39, 0.29) is 5.41 Å². The van der Waals surface area contributed by atoms with Gasteiger partial charge in [0.1, 0.15) is 5.65 Å². The fourth-order valence-electron chi connectivity index (χ4n) is 8.60. The summed E-state index contributed by atoms with van der Waals surface area (Å²) in [5.74, 6) is 0.646. The Morgan fingerprint density at radius 2 is 1.00 bits per heavy atom. The normalized spacial score (nSPS) is 13.3. The second kappa shape index (κ2) is 10.6. The first-order valence-electron chi connectivity index (χ1n) is 17.9. The smallest absolute Gasteiger partial charge is 0.236 e. The van der Waals surface area contributed by atoms with Gasteiger partial charge in [-0.3, -0.25) is 9.13 Å². The number of benzene rings is 6. The van der Waals surface area contributed by atoms with E-state index in [2.05, 4.69) is 179 Å². The number of hydrogen-bond donors (Lipinski definition) is 0. The third kappa shape index (κ3) is 3.99. The zero-order valence-electron chi connectivity index (χ0n) is 28.8. The molecule has 4 aromatic heterocycles. The van der Waals surface area contributed by atoms with E-state index < -0.39 is 0 Å². The largest absolute Gasteiger partial charge is 0.309 e. The molecule has 0 amide bonds. The summed E-state index contributed by atoms with van der Waals surface area (Å²) in [5.41, 5.74) is 13.1. The second-order valence-corrected chi connectivity index (χ2v) is 14.3.